The van der Waals surface area contributed by atoms with Gasteiger partial charge in [-0.2, -0.15) is 0 Å². The van der Waals surface area contributed by atoms with Crippen LogP contribution in [0.4, 0.5) is 0 Å². The van der Waals surface area contributed by atoms with Gasteiger partial charge in [0.05, 0.1) is 5.52 Å². The highest BCUT2D eigenvalue weighted by molar-refractivity contribution is 6.30. The lowest BCUT2D eigenvalue weighted by molar-refractivity contribution is 0.189. The molecule has 20 heavy (non-hydrogen) atoms. The number of hydrogen-bond acceptors (Lipinski definition) is 2. The van der Waals surface area contributed by atoms with Crippen molar-refractivity contribution < 1.29 is 0 Å². The van der Waals surface area contributed by atoms with Crippen LogP contribution in [0.1, 0.15) is 38.7 Å². The first-order valence-corrected chi connectivity index (χ1v) is 7.86. The lowest BCUT2D eigenvalue weighted by Gasteiger charge is -2.28. The lowest BCUT2D eigenvalue weighted by atomic mass is 10.1. The number of hydrogen-bond donors (Lipinski definition) is 0. The quantitative estimate of drug-likeness (QED) is 0.764. The Hall–Kier alpha value is -1.12. The Morgan fingerprint density at radius 2 is 2.10 bits per heavy atom. The van der Waals surface area contributed by atoms with E-state index in [2.05, 4.69) is 41.9 Å². The maximum absolute atomic E-state index is 6.38. The minimum Gasteiger partial charge on any atom is -0.293 e. The van der Waals surface area contributed by atoms with Gasteiger partial charge in [0.15, 0.2) is 0 Å². The molecule has 2 atom stereocenters. The third-order valence-corrected chi connectivity index (χ3v) is 4.85. The van der Waals surface area contributed by atoms with Gasteiger partial charge in [-0.25, -0.2) is 4.98 Å². The topological polar surface area (TPSA) is 16.1 Å². The summed E-state index contributed by atoms with van der Waals surface area (Å²) in [5, 5.41) is 1.82. The van der Waals surface area contributed by atoms with Crippen molar-refractivity contribution >= 4 is 22.5 Å². The molecule has 1 aromatic heterocycles. The summed E-state index contributed by atoms with van der Waals surface area (Å²) in [5.74, 6) is 0. The summed E-state index contributed by atoms with van der Waals surface area (Å²) < 4.78 is 0. The zero-order valence-electron chi connectivity index (χ0n) is 12.1. The SMILES string of the molecule is CCC1CCC(C)N1Cc1cc2ccccc2nc1Cl. The second-order valence-corrected chi connectivity index (χ2v) is 6.15. The summed E-state index contributed by atoms with van der Waals surface area (Å²) in [7, 11) is 0. The van der Waals surface area contributed by atoms with Crippen LogP contribution < -0.4 is 0 Å². The number of benzene rings is 1. The smallest absolute Gasteiger partial charge is 0.134 e. The summed E-state index contributed by atoms with van der Waals surface area (Å²) in [5.41, 5.74) is 2.13. The molecule has 2 aromatic rings. The van der Waals surface area contributed by atoms with E-state index in [0.29, 0.717) is 17.2 Å². The largest absolute Gasteiger partial charge is 0.293 e. The Bertz CT molecular complexity index is 611. The van der Waals surface area contributed by atoms with Crippen molar-refractivity contribution in [3.63, 3.8) is 0 Å². The molecule has 1 aromatic carbocycles. The minimum absolute atomic E-state index is 0.641. The molecule has 2 nitrogen and oxygen atoms in total. The van der Waals surface area contributed by atoms with Gasteiger partial charge in [0.25, 0.3) is 0 Å². The van der Waals surface area contributed by atoms with E-state index in [1.54, 1.807) is 0 Å². The van der Waals surface area contributed by atoms with E-state index in [9.17, 15) is 0 Å². The van der Waals surface area contributed by atoms with E-state index >= 15 is 0 Å². The molecule has 3 heteroatoms. The van der Waals surface area contributed by atoms with Crippen molar-refractivity contribution in [3.05, 3.63) is 41.0 Å². The Morgan fingerprint density at radius 1 is 1.30 bits per heavy atom. The number of pyridine rings is 1. The van der Waals surface area contributed by atoms with Crippen LogP contribution in [0.25, 0.3) is 10.9 Å². The first kappa shape index (κ1) is 13.8. The van der Waals surface area contributed by atoms with Gasteiger partial charge in [0.2, 0.25) is 0 Å². The van der Waals surface area contributed by atoms with Crippen molar-refractivity contribution in [1.29, 1.82) is 0 Å². The van der Waals surface area contributed by atoms with E-state index in [1.807, 2.05) is 12.1 Å². The maximum atomic E-state index is 6.38. The molecule has 106 valence electrons. The molecule has 0 saturated carbocycles. The Labute approximate surface area is 125 Å². The first-order chi connectivity index (χ1) is 9.69. The van der Waals surface area contributed by atoms with Gasteiger partial charge in [-0.3, -0.25) is 4.90 Å². The van der Waals surface area contributed by atoms with E-state index < -0.39 is 0 Å². The first-order valence-electron chi connectivity index (χ1n) is 7.49. The fourth-order valence-electron chi connectivity index (χ4n) is 3.29. The number of fused-ring (bicyclic) bond motifs is 1. The predicted octanol–water partition coefficient (Wildman–Crippen LogP) is 4.65. The molecule has 1 fully saturated rings. The van der Waals surface area contributed by atoms with Crippen LogP contribution in [0.15, 0.2) is 30.3 Å². The molecule has 1 saturated heterocycles. The molecule has 1 aliphatic heterocycles. The molecule has 0 amide bonds. The fourth-order valence-corrected chi connectivity index (χ4v) is 3.50. The average Bonchev–Trinajstić information content (AvgIpc) is 2.80. The summed E-state index contributed by atoms with van der Waals surface area (Å²) in [6.07, 6.45) is 3.80. The van der Waals surface area contributed by atoms with Crippen LogP contribution >= 0.6 is 11.6 Å². The fraction of sp³-hybridized carbons (Fsp3) is 0.471. The van der Waals surface area contributed by atoms with Gasteiger partial charge < -0.3 is 0 Å². The van der Waals surface area contributed by atoms with Crippen LogP contribution in [-0.4, -0.2) is 22.0 Å². The molecule has 0 N–H and O–H groups in total. The highest BCUT2D eigenvalue weighted by atomic mass is 35.5. The number of rotatable bonds is 3. The standard InChI is InChI=1S/C17H21ClN2/c1-3-15-9-8-12(2)20(15)11-14-10-13-6-4-5-7-16(13)19-17(14)18/h4-7,10,12,15H,3,8-9,11H2,1-2H3. The molecule has 3 rings (SSSR count). The van der Waals surface area contributed by atoms with Gasteiger partial charge in [-0.15, -0.1) is 0 Å². The van der Waals surface area contributed by atoms with E-state index in [1.165, 1.54) is 24.6 Å². The van der Waals surface area contributed by atoms with Crippen molar-refractivity contribution in [1.82, 2.24) is 9.88 Å². The highest BCUT2D eigenvalue weighted by Gasteiger charge is 2.29. The molecular formula is C17H21ClN2. The Kier molecular flexibility index (Phi) is 3.95. The minimum atomic E-state index is 0.641. The average molecular weight is 289 g/mol. The van der Waals surface area contributed by atoms with Crippen molar-refractivity contribution in [3.8, 4) is 0 Å². The van der Waals surface area contributed by atoms with E-state index in [-0.39, 0.29) is 0 Å². The number of halogens is 1. The van der Waals surface area contributed by atoms with Gasteiger partial charge in [0.1, 0.15) is 5.15 Å². The normalized spacial score (nSPS) is 23.6. The second-order valence-electron chi connectivity index (χ2n) is 5.79. The molecule has 0 bridgehead atoms. The predicted molar refractivity (Wildman–Crippen MR) is 85.1 cm³/mol. The van der Waals surface area contributed by atoms with Crippen LogP contribution in [0.2, 0.25) is 5.15 Å². The molecule has 0 aliphatic carbocycles. The molecule has 0 radical (unpaired) electrons. The number of likely N-dealkylation sites (tertiary alicyclic amines) is 1. The molecule has 1 aliphatic rings. The van der Waals surface area contributed by atoms with Gasteiger partial charge in [0, 0.05) is 29.6 Å². The monoisotopic (exact) mass is 288 g/mol. The molecule has 2 unspecified atom stereocenters. The molecule has 0 spiro atoms. The van der Waals surface area contributed by atoms with Gasteiger partial charge in [-0.05, 0) is 38.3 Å². The molecule has 2 heterocycles. The van der Waals surface area contributed by atoms with Crippen LogP contribution in [-0.2, 0) is 6.54 Å². The van der Waals surface area contributed by atoms with Crippen molar-refractivity contribution in [2.45, 2.75) is 51.7 Å². The number of aromatic nitrogens is 1. The number of nitrogens with zero attached hydrogens (tertiary/aromatic N) is 2. The Balaban J connectivity index is 1.92. The summed E-state index contributed by atoms with van der Waals surface area (Å²) in [6.45, 7) is 5.50. The maximum Gasteiger partial charge on any atom is 0.134 e. The highest BCUT2D eigenvalue weighted by Crippen LogP contribution is 2.30. The van der Waals surface area contributed by atoms with Crippen molar-refractivity contribution in [2.24, 2.45) is 0 Å². The number of para-hydroxylation sites is 1. The van der Waals surface area contributed by atoms with Crippen LogP contribution in [0.5, 0.6) is 0 Å². The van der Waals surface area contributed by atoms with Gasteiger partial charge in [-0.1, -0.05) is 36.7 Å². The lowest BCUT2D eigenvalue weighted by Crippen LogP contribution is -2.33. The van der Waals surface area contributed by atoms with Crippen LogP contribution in [0.3, 0.4) is 0 Å². The molecular weight excluding hydrogens is 268 g/mol. The summed E-state index contributed by atoms with van der Waals surface area (Å²) >= 11 is 6.38. The summed E-state index contributed by atoms with van der Waals surface area (Å²) in [4.78, 5) is 7.11. The Morgan fingerprint density at radius 3 is 2.90 bits per heavy atom. The van der Waals surface area contributed by atoms with Crippen LogP contribution in [0, 0.1) is 0 Å². The summed E-state index contributed by atoms with van der Waals surface area (Å²) in [6, 6.07) is 11.7. The van der Waals surface area contributed by atoms with E-state index in [4.69, 9.17) is 11.6 Å². The van der Waals surface area contributed by atoms with Gasteiger partial charge >= 0.3 is 0 Å². The van der Waals surface area contributed by atoms with Crippen molar-refractivity contribution in [2.75, 3.05) is 0 Å². The second kappa shape index (κ2) is 5.71. The third kappa shape index (κ3) is 2.55. The third-order valence-electron chi connectivity index (χ3n) is 4.53. The zero-order chi connectivity index (χ0) is 14.1. The van der Waals surface area contributed by atoms with E-state index in [0.717, 1.165) is 17.6 Å². The zero-order valence-corrected chi connectivity index (χ0v) is 12.9.